The number of nitrogens with one attached hydrogen (secondary N) is 3. The number of H-pyrrole nitrogens is 1. The van der Waals surface area contributed by atoms with E-state index in [0.717, 1.165) is 15.6 Å². The van der Waals surface area contributed by atoms with Gasteiger partial charge in [0, 0.05) is 34.1 Å². The Morgan fingerprint density at radius 3 is 2.76 bits per heavy atom. The minimum atomic E-state index is -0.211. The van der Waals surface area contributed by atoms with Crippen LogP contribution in [0.3, 0.4) is 0 Å². The number of aromatic nitrogens is 3. The lowest BCUT2D eigenvalue weighted by Crippen LogP contribution is -2.27. The summed E-state index contributed by atoms with van der Waals surface area (Å²) in [7, 11) is 0. The zero-order chi connectivity index (χ0) is 17.8. The average Bonchev–Trinajstić information content (AvgIpc) is 2.96. The highest BCUT2D eigenvalue weighted by atomic mass is 79.9. The van der Waals surface area contributed by atoms with Crippen LogP contribution in [-0.4, -0.2) is 33.5 Å². The summed E-state index contributed by atoms with van der Waals surface area (Å²) in [6.45, 7) is 2.14. The predicted octanol–water partition coefficient (Wildman–Crippen LogP) is 2.79. The van der Waals surface area contributed by atoms with E-state index in [1.54, 1.807) is 30.5 Å². The van der Waals surface area contributed by atoms with Crippen molar-refractivity contribution in [2.24, 2.45) is 0 Å². The minimum Gasteiger partial charge on any atom is -0.352 e. The number of aryl methyl sites for hydroxylation is 1. The molecule has 0 atom stereocenters. The van der Waals surface area contributed by atoms with E-state index >= 15 is 0 Å². The lowest BCUT2D eigenvalue weighted by Gasteiger charge is -2.07. The van der Waals surface area contributed by atoms with E-state index in [1.807, 2.05) is 13.0 Å². The van der Waals surface area contributed by atoms with Crippen molar-refractivity contribution in [3.8, 4) is 0 Å². The first kappa shape index (κ1) is 17.1. The molecule has 2 amide bonds. The number of anilines is 1. The summed E-state index contributed by atoms with van der Waals surface area (Å²) >= 11 is 3.32. The number of hydrogen-bond donors (Lipinski definition) is 3. The molecule has 25 heavy (non-hydrogen) atoms. The van der Waals surface area contributed by atoms with E-state index in [0.29, 0.717) is 16.9 Å². The molecule has 8 heteroatoms. The molecule has 3 aromatic rings. The smallest absolute Gasteiger partial charge is 0.251 e. The Morgan fingerprint density at radius 2 is 2.00 bits per heavy atom. The number of hydrogen-bond acceptors (Lipinski definition) is 4. The summed E-state index contributed by atoms with van der Waals surface area (Å²) in [4.78, 5) is 28.2. The minimum absolute atomic E-state index is 0.171. The van der Waals surface area contributed by atoms with Gasteiger partial charge in [0.25, 0.3) is 5.91 Å². The van der Waals surface area contributed by atoms with Crippen molar-refractivity contribution in [1.82, 2.24) is 20.5 Å². The topological polar surface area (TPSA) is 99.8 Å². The molecule has 0 unspecified atom stereocenters. The van der Waals surface area contributed by atoms with E-state index in [2.05, 4.69) is 41.7 Å². The molecule has 2 aromatic heterocycles. The maximum Gasteiger partial charge on any atom is 0.251 e. The summed E-state index contributed by atoms with van der Waals surface area (Å²) in [6, 6.07) is 8.84. The molecule has 0 saturated heterocycles. The molecule has 0 bridgehead atoms. The number of benzene rings is 1. The number of carbonyl (C=O) groups is 2. The fourth-order valence-electron chi connectivity index (χ4n) is 2.30. The van der Waals surface area contributed by atoms with Gasteiger partial charge in [0.1, 0.15) is 0 Å². The third-order valence-electron chi connectivity index (χ3n) is 3.63. The van der Waals surface area contributed by atoms with Gasteiger partial charge in [0.05, 0.1) is 11.9 Å². The first-order chi connectivity index (χ1) is 12.0. The van der Waals surface area contributed by atoms with E-state index in [-0.39, 0.29) is 24.8 Å². The average molecular weight is 402 g/mol. The molecule has 1 aromatic carbocycles. The number of pyridine rings is 1. The zero-order valence-electron chi connectivity index (χ0n) is 13.5. The van der Waals surface area contributed by atoms with Crippen molar-refractivity contribution in [3.63, 3.8) is 0 Å². The van der Waals surface area contributed by atoms with Gasteiger partial charge in [-0.3, -0.25) is 14.7 Å². The number of fused-ring (bicyclic) bond motifs is 1. The van der Waals surface area contributed by atoms with Crippen LogP contribution in [0.4, 0.5) is 5.69 Å². The number of nitrogens with zero attached hydrogens (tertiary/aromatic N) is 2. The van der Waals surface area contributed by atoms with Crippen LogP contribution in [0.5, 0.6) is 0 Å². The maximum absolute atomic E-state index is 12.0. The second-order valence-electron chi connectivity index (χ2n) is 5.50. The van der Waals surface area contributed by atoms with E-state index in [4.69, 9.17) is 0 Å². The van der Waals surface area contributed by atoms with Gasteiger partial charge >= 0.3 is 0 Å². The van der Waals surface area contributed by atoms with Crippen LogP contribution in [0.2, 0.25) is 0 Å². The van der Waals surface area contributed by atoms with Crippen LogP contribution in [0.25, 0.3) is 11.0 Å². The Morgan fingerprint density at radius 1 is 1.24 bits per heavy atom. The summed E-state index contributed by atoms with van der Waals surface area (Å²) in [6.07, 6.45) is 1.73. The highest BCUT2D eigenvalue weighted by Crippen LogP contribution is 2.17. The Hall–Kier alpha value is -2.74. The maximum atomic E-state index is 12.0. The monoisotopic (exact) mass is 401 g/mol. The molecular weight excluding hydrogens is 386 g/mol. The third-order valence-corrected chi connectivity index (χ3v) is 4.16. The Bertz CT molecular complexity index is 920. The van der Waals surface area contributed by atoms with Crippen LogP contribution in [0, 0.1) is 6.92 Å². The molecule has 128 valence electrons. The highest BCUT2D eigenvalue weighted by molar-refractivity contribution is 9.10. The Labute approximate surface area is 152 Å². The molecule has 3 rings (SSSR count). The third kappa shape index (κ3) is 4.21. The summed E-state index contributed by atoms with van der Waals surface area (Å²) in [5.74, 6) is -0.407. The van der Waals surface area contributed by atoms with Crippen LogP contribution < -0.4 is 10.6 Å². The van der Waals surface area contributed by atoms with Gasteiger partial charge in [-0.15, -0.1) is 0 Å². The van der Waals surface area contributed by atoms with Gasteiger partial charge in [-0.2, -0.15) is 5.10 Å². The second kappa shape index (κ2) is 7.43. The first-order valence-electron chi connectivity index (χ1n) is 7.67. The fourth-order valence-corrected chi connectivity index (χ4v) is 2.57. The summed E-state index contributed by atoms with van der Waals surface area (Å²) in [5.41, 5.74) is 2.65. The molecule has 0 radical (unpaired) electrons. The molecular formula is C17H16BrN5O2. The van der Waals surface area contributed by atoms with Crippen LogP contribution in [0.15, 0.2) is 41.0 Å². The highest BCUT2D eigenvalue weighted by Gasteiger charge is 2.09. The van der Waals surface area contributed by atoms with Gasteiger partial charge in [-0.05, 0) is 37.3 Å². The quantitative estimate of drug-likeness (QED) is 0.611. The SMILES string of the molecule is Cc1[nH]nc2ncc(NC(=O)CCNC(=O)c3ccc(Br)cc3)cc12. The van der Waals surface area contributed by atoms with Crippen molar-refractivity contribution in [2.75, 3.05) is 11.9 Å². The molecule has 3 N–H and O–H groups in total. The second-order valence-corrected chi connectivity index (χ2v) is 6.42. The number of amides is 2. The molecule has 0 saturated carbocycles. The van der Waals surface area contributed by atoms with Gasteiger partial charge in [0.2, 0.25) is 5.91 Å². The molecule has 7 nitrogen and oxygen atoms in total. The van der Waals surface area contributed by atoms with Crippen molar-refractivity contribution < 1.29 is 9.59 Å². The molecule has 0 aliphatic heterocycles. The zero-order valence-corrected chi connectivity index (χ0v) is 15.1. The van der Waals surface area contributed by atoms with Gasteiger partial charge in [0.15, 0.2) is 5.65 Å². The van der Waals surface area contributed by atoms with Crippen LogP contribution >= 0.6 is 15.9 Å². The largest absolute Gasteiger partial charge is 0.352 e. The summed E-state index contributed by atoms with van der Waals surface area (Å²) < 4.78 is 0.905. The van der Waals surface area contributed by atoms with Crippen LogP contribution in [0.1, 0.15) is 22.5 Å². The van der Waals surface area contributed by atoms with Gasteiger partial charge in [-0.1, -0.05) is 15.9 Å². The number of rotatable bonds is 5. The van der Waals surface area contributed by atoms with Crippen LogP contribution in [-0.2, 0) is 4.79 Å². The van der Waals surface area contributed by atoms with Crippen molar-refractivity contribution in [2.45, 2.75) is 13.3 Å². The van der Waals surface area contributed by atoms with Gasteiger partial charge in [-0.25, -0.2) is 4.98 Å². The molecule has 0 spiro atoms. The number of aromatic amines is 1. The lowest BCUT2D eigenvalue weighted by molar-refractivity contribution is -0.116. The standard InChI is InChI=1S/C17H16BrN5O2/c1-10-14-8-13(9-20-16(14)23-22-10)21-15(24)6-7-19-17(25)11-2-4-12(18)5-3-11/h2-5,8-9H,6-7H2,1H3,(H,19,25)(H,21,24)(H,20,22,23). The Balaban J connectivity index is 1.51. The van der Waals surface area contributed by atoms with E-state index in [1.165, 1.54) is 0 Å². The molecule has 0 fully saturated rings. The fraction of sp³-hybridized carbons (Fsp3) is 0.176. The lowest BCUT2D eigenvalue weighted by atomic mass is 10.2. The van der Waals surface area contributed by atoms with Gasteiger partial charge < -0.3 is 10.6 Å². The molecule has 2 heterocycles. The number of carbonyl (C=O) groups excluding carboxylic acids is 2. The predicted molar refractivity (Wildman–Crippen MR) is 98.3 cm³/mol. The normalized spacial score (nSPS) is 10.6. The molecule has 0 aliphatic carbocycles. The molecule has 0 aliphatic rings. The number of halogens is 1. The van der Waals surface area contributed by atoms with E-state index < -0.39 is 0 Å². The Kier molecular flexibility index (Phi) is 5.08. The first-order valence-corrected chi connectivity index (χ1v) is 8.46. The van der Waals surface area contributed by atoms with Crippen molar-refractivity contribution in [1.29, 1.82) is 0 Å². The summed E-state index contributed by atoms with van der Waals surface area (Å²) in [5, 5.41) is 13.2. The van der Waals surface area contributed by atoms with Crippen molar-refractivity contribution >= 4 is 44.5 Å². The van der Waals surface area contributed by atoms with E-state index in [9.17, 15) is 9.59 Å². The van der Waals surface area contributed by atoms with Crippen molar-refractivity contribution in [3.05, 3.63) is 52.3 Å².